The molecule has 0 atom stereocenters. The van der Waals surface area contributed by atoms with Crippen molar-refractivity contribution < 1.29 is 0 Å². The maximum absolute atomic E-state index is 4.65. The van der Waals surface area contributed by atoms with Gasteiger partial charge in [0.1, 0.15) is 5.03 Å². The lowest BCUT2D eigenvalue weighted by Gasteiger charge is -2.01. The first-order valence-corrected chi connectivity index (χ1v) is 8.46. The van der Waals surface area contributed by atoms with E-state index in [0.29, 0.717) is 0 Å². The zero-order valence-electron chi connectivity index (χ0n) is 12.5. The van der Waals surface area contributed by atoms with Gasteiger partial charge < -0.3 is 0 Å². The fourth-order valence-electron chi connectivity index (χ4n) is 2.42. The second kappa shape index (κ2) is 6.26. The molecule has 0 spiro atoms. The molecule has 23 heavy (non-hydrogen) atoms. The van der Waals surface area contributed by atoms with Crippen molar-refractivity contribution in [1.82, 2.24) is 14.6 Å². The Balaban J connectivity index is 1.58. The molecule has 0 saturated heterocycles. The van der Waals surface area contributed by atoms with Crippen molar-refractivity contribution in [3.63, 3.8) is 0 Å². The zero-order valence-corrected chi connectivity index (χ0v) is 13.3. The van der Waals surface area contributed by atoms with Gasteiger partial charge in [0.2, 0.25) is 0 Å². The normalized spacial score (nSPS) is 11.0. The lowest BCUT2D eigenvalue weighted by Crippen LogP contribution is -1.92. The van der Waals surface area contributed by atoms with Crippen LogP contribution in [0.4, 0.5) is 0 Å². The third kappa shape index (κ3) is 3.12. The van der Waals surface area contributed by atoms with E-state index in [1.54, 1.807) is 11.8 Å². The Labute approximate surface area is 139 Å². The Morgan fingerprint density at radius 1 is 0.826 bits per heavy atom. The Morgan fingerprint density at radius 3 is 2.35 bits per heavy atom. The second-order valence-electron chi connectivity index (χ2n) is 5.24. The molecule has 0 fully saturated rings. The number of hydrogen-bond acceptors (Lipinski definition) is 3. The predicted molar refractivity (Wildman–Crippen MR) is 94.4 cm³/mol. The van der Waals surface area contributed by atoms with E-state index in [0.717, 1.165) is 27.7 Å². The van der Waals surface area contributed by atoms with E-state index in [2.05, 4.69) is 46.5 Å². The van der Waals surface area contributed by atoms with Gasteiger partial charge in [-0.1, -0.05) is 72.4 Å². The topological polar surface area (TPSA) is 30.2 Å². The van der Waals surface area contributed by atoms with Crippen LogP contribution in [0.5, 0.6) is 0 Å². The van der Waals surface area contributed by atoms with E-state index in [1.165, 1.54) is 5.56 Å². The van der Waals surface area contributed by atoms with Crippen LogP contribution >= 0.6 is 11.8 Å². The van der Waals surface area contributed by atoms with Crippen LogP contribution in [0.3, 0.4) is 0 Å². The third-order valence-corrected chi connectivity index (χ3v) is 4.59. The van der Waals surface area contributed by atoms with Crippen LogP contribution in [-0.2, 0) is 5.75 Å². The summed E-state index contributed by atoms with van der Waals surface area (Å²) in [6, 6.07) is 24.7. The van der Waals surface area contributed by atoms with Crippen LogP contribution in [0.2, 0.25) is 0 Å². The highest BCUT2D eigenvalue weighted by Gasteiger charge is 2.06. The van der Waals surface area contributed by atoms with Crippen LogP contribution in [-0.4, -0.2) is 14.6 Å². The van der Waals surface area contributed by atoms with E-state index < -0.39 is 0 Å². The molecule has 2 heterocycles. The van der Waals surface area contributed by atoms with E-state index in [9.17, 15) is 0 Å². The Bertz CT molecular complexity index is 917. The molecule has 3 nitrogen and oxygen atoms in total. The summed E-state index contributed by atoms with van der Waals surface area (Å²) in [7, 11) is 0. The molecule has 0 radical (unpaired) electrons. The van der Waals surface area contributed by atoms with Crippen molar-refractivity contribution >= 4 is 17.4 Å². The summed E-state index contributed by atoms with van der Waals surface area (Å²) >= 11 is 1.73. The number of fused-ring (bicyclic) bond motifs is 1. The van der Waals surface area contributed by atoms with Gasteiger partial charge in [-0.2, -0.15) is 5.10 Å². The average Bonchev–Trinajstić information content (AvgIpc) is 3.05. The summed E-state index contributed by atoms with van der Waals surface area (Å²) in [6.07, 6.45) is 1.98. The van der Waals surface area contributed by atoms with Gasteiger partial charge in [-0.05, 0) is 17.7 Å². The minimum atomic E-state index is 0.868. The van der Waals surface area contributed by atoms with Crippen LogP contribution in [0.15, 0.2) is 84.0 Å². The van der Waals surface area contributed by atoms with Gasteiger partial charge in [-0.3, -0.25) is 0 Å². The lowest BCUT2D eigenvalue weighted by atomic mass is 10.2. The van der Waals surface area contributed by atoms with Crippen molar-refractivity contribution in [3.05, 3.63) is 84.6 Å². The number of thioether (sulfide) groups is 1. The van der Waals surface area contributed by atoms with Crippen LogP contribution in [0.1, 0.15) is 5.56 Å². The summed E-state index contributed by atoms with van der Waals surface area (Å²) in [4.78, 5) is 4.63. The SMILES string of the molecule is c1ccc(CSc2ccc3nc(-c4ccccc4)cn3n2)cc1. The van der Waals surface area contributed by atoms with E-state index in [1.807, 2.05) is 47.1 Å². The number of imidazole rings is 1. The molecule has 0 aliphatic rings. The van der Waals surface area contributed by atoms with E-state index in [-0.39, 0.29) is 0 Å². The lowest BCUT2D eigenvalue weighted by molar-refractivity contribution is 0.859. The molecule has 4 rings (SSSR count). The minimum Gasteiger partial charge on any atom is -0.227 e. The van der Waals surface area contributed by atoms with Crippen molar-refractivity contribution in [3.8, 4) is 11.3 Å². The number of hydrogen-bond donors (Lipinski definition) is 0. The molecule has 0 bridgehead atoms. The summed E-state index contributed by atoms with van der Waals surface area (Å²) in [5.41, 5.74) is 4.22. The number of rotatable bonds is 4. The molecule has 4 aromatic rings. The molecule has 2 aromatic carbocycles. The van der Waals surface area contributed by atoms with Crippen molar-refractivity contribution in [2.75, 3.05) is 0 Å². The largest absolute Gasteiger partial charge is 0.227 e. The molecular weight excluding hydrogens is 302 g/mol. The minimum absolute atomic E-state index is 0.868. The van der Waals surface area contributed by atoms with Crippen molar-refractivity contribution in [1.29, 1.82) is 0 Å². The molecule has 2 aromatic heterocycles. The summed E-state index contributed by atoms with van der Waals surface area (Å²) < 4.78 is 1.86. The number of nitrogens with zero attached hydrogens (tertiary/aromatic N) is 3. The number of aromatic nitrogens is 3. The van der Waals surface area contributed by atoms with Gasteiger partial charge in [0, 0.05) is 11.3 Å². The Morgan fingerprint density at radius 2 is 1.57 bits per heavy atom. The molecule has 0 N–H and O–H groups in total. The maximum Gasteiger partial charge on any atom is 0.154 e. The molecule has 4 heteroatoms. The first-order valence-electron chi connectivity index (χ1n) is 7.47. The third-order valence-electron chi connectivity index (χ3n) is 3.59. The molecule has 112 valence electrons. The zero-order chi connectivity index (χ0) is 15.5. The smallest absolute Gasteiger partial charge is 0.154 e. The Kier molecular flexibility index (Phi) is 3.82. The molecule has 0 aliphatic heterocycles. The van der Waals surface area contributed by atoms with E-state index >= 15 is 0 Å². The van der Waals surface area contributed by atoms with Gasteiger partial charge in [0.25, 0.3) is 0 Å². The fourth-order valence-corrected chi connectivity index (χ4v) is 3.24. The highest BCUT2D eigenvalue weighted by molar-refractivity contribution is 7.98. The highest BCUT2D eigenvalue weighted by Crippen LogP contribution is 2.23. The highest BCUT2D eigenvalue weighted by atomic mass is 32.2. The molecule has 0 aliphatic carbocycles. The van der Waals surface area contributed by atoms with Gasteiger partial charge in [0.15, 0.2) is 5.65 Å². The first kappa shape index (κ1) is 14.0. The van der Waals surface area contributed by atoms with Gasteiger partial charge in [-0.15, -0.1) is 0 Å². The van der Waals surface area contributed by atoms with Gasteiger partial charge in [-0.25, -0.2) is 9.50 Å². The molecule has 0 unspecified atom stereocenters. The van der Waals surface area contributed by atoms with Gasteiger partial charge >= 0.3 is 0 Å². The van der Waals surface area contributed by atoms with Crippen LogP contribution in [0.25, 0.3) is 16.9 Å². The standard InChI is InChI=1S/C19H15N3S/c1-3-7-15(8-4-1)14-23-19-12-11-18-20-17(13-22(18)21-19)16-9-5-2-6-10-16/h1-13H,14H2. The van der Waals surface area contributed by atoms with Crippen LogP contribution < -0.4 is 0 Å². The molecular formula is C19H15N3S. The quantitative estimate of drug-likeness (QED) is 0.512. The maximum atomic E-state index is 4.65. The second-order valence-corrected chi connectivity index (χ2v) is 6.24. The van der Waals surface area contributed by atoms with Crippen LogP contribution in [0, 0.1) is 0 Å². The molecule has 0 saturated carbocycles. The van der Waals surface area contributed by atoms with Crippen molar-refractivity contribution in [2.24, 2.45) is 0 Å². The fraction of sp³-hybridized carbons (Fsp3) is 0.0526. The molecule has 0 amide bonds. The number of benzene rings is 2. The Hall–Kier alpha value is -2.59. The first-order chi connectivity index (χ1) is 11.4. The summed E-state index contributed by atoms with van der Waals surface area (Å²) in [5.74, 6) is 0.916. The summed E-state index contributed by atoms with van der Waals surface area (Å²) in [6.45, 7) is 0. The van der Waals surface area contributed by atoms with Gasteiger partial charge in [0.05, 0.1) is 11.9 Å². The van der Waals surface area contributed by atoms with Crippen molar-refractivity contribution in [2.45, 2.75) is 10.8 Å². The monoisotopic (exact) mass is 317 g/mol. The average molecular weight is 317 g/mol. The van der Waals surface area contributed by atoms with E-state index in [4.69, 9.17) is 0 Å². The predicted octanol–water partition coefficient (Wildman–Crippen LogP) is 4.69. The summed E-state index contributed by atoms with van der Waals surface area (Å²) in [5, 5.41) is 5.65.